The lowest BCUT2D eigenvalue weighted by Gasteiger charge is -2.13. The number of ketones is 1. The summed E-state index contributed by atoms with van der Waals surface area (Å²) in [6.07, 6.45) is -1.48. The highest BCUT2D eigenvalue weighted by Gasteiger charge is 2.30. The fourth-order valence-electron chi connectivity index (χ4n) is 3.00. The van der Waals surface area contributed by atoms with Crippen LogP contribution >= 0.6 is 0 Å². The van der Waals surface area contributed by atoms with Crippen molar-refractivity contribution in [3.8, 4) is 23.0 Å². The van der Waals surface area contributed by atoms with Gasteiger partial charge in [0.25, 0.3) is 0 Å². The number of methoxy groups -OCH3 is 2. The van der Waals surface area contributed by atoms with Crippen molar-refractivity contribution >= 4 is 11.9 Å². The number of benzene rings is 3. The minimum absolute atomic E-state index is 0.0662. The number of carbonyl (C=O) groups is 1. The summed E-state index contributed by atoms with van der Waals surface area (Å²) in [7, 11) is 2.83. The number of carbonyl (C=O) groups excluding carboxylic acids is 1. The number of allylic oxidation sites excluding steroid dienone is 1. The number of phenolic OH excluding ortho intramolecular Hbond substituents is 1. The Morgan fingerprint density at radius 3 is 2.39 bits per heavy atom. The van der Waals surface area contributed by atoms with E-state index in [0.29, 0.717) is 28.2 Å². The van der Waals surface area contributed by atoms with Crippen molar-refractivity contribution in [3.63, 3.8) is 0 Å². The largest absolute Gasteiger partial charge is 0.504 e. The molecular weight excluding hydrogens is 437 g/mol. The van der Waals surface area contributed by atoms with Crippen LogP contribution in [0.5, 0.6) is 23.0 Å². The second-order valence-corrected chi connectivity index (χ2v) is 6.98. The third-order valence-corrected chi connectivity index (χ3v) is 4.73. The molecule has 0 bridgehead atoms. The van der Waals surface area contributed by atoms with E-state index in [1.165, 1.54) is 44.6 Å². The number of hydrogen-bond donors (Lipinski definition) is 1. The zero-order valence-corrected chi connectivity index (χ0v) is 17.8. The van der Waals surface area contributed by atoms with Crippen molar-refractivity contribution in [3.05, 3.63) is 89.0 Å². The maximum atomic E-state index is 12.9. The van der Waals surface area contributed by atoms with Crippen molar-refractivity contribution in [2.24, 2.45) is 0 Å². The van der Waals surface area contributed by atoms with Crippen LogP contribution in [-0.4, -0.2) is 25.1 Å². The molecular formula is C25H21F3O5. The Hall–Kier alpha value is -3.94. The van der Waals surface area contributed by atoms with Crippen molar-refractivity contribution < 1.29 is 37.3 Å². The lowest BCUT2D eigenvalue weighted by molar-refractivity contribution is -0.137. The van der Waals surface area contributed by atoms with Crippen LogP contribution in [0.25, 0.3) is 6.08 Å². The predicted molar refractivity (Wildman–Crippen MR) is 117 cm³/mol. The Morgan fingerprint density at radius 2 is 1.70 bits per heavy atom. The SMILES string of the molecule is COc1cc(C(=O)C=Cc2ccc(OCc3cccc(C(F)(F)F)c3)c(OC)c2)ccc1O. The first kappa shape index (κ1) is 23.7. The minimum Gasteiger partial charge on any atom is -0.504 e. The normalized spacial score (nSPS) is 11.4. The molecule has 0 aromatic heterocycles. The molecule has 3 aromatic carbocycles. The monoisotopic (exact) mass is 458 g/mol. The molecule has 0 amide bonds. The molecule has 5 nitrogen and oxygen atoms in total. The Labute approximate surface area is 188 Å². The van der Waals surface area contributed by atoms with Gasteiger partial charge in [-0.1, -0.05) is 24.3 Å². The predicted octanol–water partition coefficient (Wildman–Crippen LogP) is 5.90. The minimum atomic E-state index is -4.43. The Balaban J connectivity index is 1.71. The zero-order chi connectivity index (χ0) is 24.0. The van der Waals surface area contributed by atoms with Gasteiger partial charge in [0.15, 0.2) is 28.8 Å². The van der Waals surface area contributed by atoms with Crippen LogP contribution in [0.4, 0.5) is 13.2 Å². The van der Waals surface area contributed by atoms with Crippen LogP contribution in [-0.2, 0) is 12.8 Å². The summed E-state index contributed by atoms with van der Waals surface area (Å²) in [6.45, 7) is -0.0728. The van der Waals surface area contributed by atoms with Gasteiger partial charge in [0.1, 0.15) is 6.61 Å². The first-order valence-corrected chi connectivity index (χ1v) is 9.77. The zero-order valence-electron chi connectivity index (χ0n) is 17.8. The lowest BCUT2D eigenvalue weighted by Crippen LogP contribution is -2.06. The number of rotatable bonds is 8. The molecule has 1 N–H and O–H groups in total. The molecule has 0 unspecified atom stereocenters. The standard InChI is InChI=1S/C25H21F3O5/c1-31-23-14-18(8-10-21(23)30)20(29)9-6-16-7-11-22(24(13-16)32-2)33-15-17-4-3-5-19(12-17)25(26,27)28/h3-14,30H,15H2,1-2H3. The molecule has 0 aliphatic carbocycles. The van der Waals surface area contributed by atoms with Gasteiger partial charge in [-0.25, -0.2) is 0 Å². The summed E-state index contributed by atoms with van der Waals surface area (Å²) in [4.78, 5) is 12.4. The van der Waals surface area contributed by atoms with Gasteiger partial charge in [-0.2, -0.15) is 13.2 Å². The molecule has 0 atom stereocenters. The summed E-state index contributed by atoms with van der Waals surface area (Å²) in [5, 5.41) is 9.64. The topological polar surface area (TPSA) is 65.0 Å². The molecule has 0 heterocycles. The highest BCUT2D eigenvalue weighted by molar-refractivity contribution is 6.07. The summed E-state index contributed by atoms with van der Waals surface area (Å²) >= 11 is 0. The first-order chi connectivity index (χ1) is 15.7. The van der Waals surface area contributed by atoms with Gasteiger partial charge < -0.3 is 19.3 Å². The van der Waals surface area contributed by atoms with Gasteiger partial charge in [0.2, 0.25) is 0 Å². The van der Waals surface area contributed by atoms with Crippen molar-refractivity contribution in [1.29, 1.82) is 0 Å². The summed E-state index contributed by atoms with van der Waals surface area (Å²) in [5.41, 5.74) is 0.615. The van der Waals surface area contributed by atoms with Gasteiger partial charge >= 0.3 is 6.18 Å². The van der Waals surface area contributed by atoms with Gasteiger partial charge in [0.05, 0.1) is 19.8 Å². The Bertz CT molecular complexity index is 1170. The average molecular weight is 458 g/mol. The van der Waals surface area contributed by atoms with E-state index in [9.17, 15) is 23.1 Å². The fraction of sp³-hybridized carbons (Fsp3) is 0.160. The van der Waals surface area contributed by atoms with Gasteiger partial charge in [0, 0.05) is 5.56 Å². The lowest BCUT2D eigenvalue weighted by atomic mass is 10.1. The molecule has 0 saturated carbocycles. The second kappa shape index (κ2) is 10.1. The van der Waals surface area contributed by atoms with E-state index in [-0.39, 0.29) is 23.9 Å². The summed E-state index contributed by atoms with van der Waals surface area (Å²) in [6, 6.07) is 14.1. The van der Waals surface area contributed by atoms with E-state index in [1.54, 1.807) is 30.3 Å². The van der Waals surface area contributed by atoms with Crippen molar-refractivity contribution in [1.82, 2.24) is 0 Å². The molecule has 0 aliphatic heterocycles. The van der Waals surface area contributed by atoms with Crippen LogP contribution in [0, 0.1) is 0 Å². The van der Waals surface area contributed by atoms with E-state index in [1.807, 2.05) is 0 Å². The number of ether oxygens (including phenoxy) is 3. The van der Waals surface area contributed by atoms with Gasteiger partial charge in [-0.05, 0) is 59.7 Å². The molecule has 0 fully saturated rings. The molecule has 3 rings (SSSR count). The van der Waals surface area contributed by atoms with Gasteiger partial charge in [-0.15, -0.1) is 0 Å². The molecule has 33 heavy (non-hydrogen) atoms. The van der Waals surface area contributed by atoms with Gasteiger partial charge in [-0.3, -0.25) is 4.79 Å². The Kier molecular flexibility index (Phi) is 7.27. The molecule has 0 radical (unpaired) electrons. The van der Waals surface area contributed by atoms with Crippen molar-refractivity contribution in [2.45, 2.75) is 12.8 Å². The van der Waals surface area contributed by atoms with Crippen LogP contribution in [0.1, 0.15) is 27.0 Å². The van der Waals surface area contributed by atoms with E-state index in [0.717, 1.165) is 12.1 Å². The molecule has 0 aliphatic rings. The van der Waals surface area contributed by atoms with E-state index >= 15 is 0 Å². The smallest absolute Gasteiger partial charge is 0.416 e. The first-order valence-electron chi connectivity index (χ1n) is 9.77. The maximum absolute atomic E-state index is 12.9. The Morgan fingerprint density at radius 1 is 0.939 bits per heavy atom. The third kappa shape index (κ3) is 6.06. The molecule has 8 heteroatoms. The van der Waals surface area contributed by atoms with E-state index < -0.39 is 11.7 Å². The number of halogens is 3. The second-order valence-electron chi connectivity index (χ2n) is 6.98. The molecule has 172 valence electrons. The third-order valence-electron chi connectivity index (χ3n) is 4.73. The average Bonchev–Trinajstić information content (AvgIpc) is 2.81. The van der Waals surface area contributed by atoms with E-state index in [2.05, 4.69) is 0 Å². The molecule has 0 saturated heterocycles. The van der Waals surface area contributed by atoms with E-state index in [4.69, 9.17) is 14.2 Å². The molecule has 0 spiro atoms. The number of alkyl halides is 3. The van der Waals surface area contributed by atoms with Crippen LogP contribution < -0.4 is 14.2 Å². The number of aromatic hydroxyl groups is 1. The van der Waals surface area contributed by atoms with Crippen LogP contribution in [0.15, 0.2) is 66.7 Å². The highest BCUT2D eigenvalue weighted by Crippen LogP contribution is 2.32. The summed E-state index contributed by atoms with van der Waals surface area (Å²) in [5.74, 6) is 0.545. The fourth-order valence-corrected chi connectivity index (χ4v) is 3.00. The number of hydrogen-bond acceptors (Lipinski definition) is 5. The van der Waals surface area contributed by atoms with Crippen LogP contribution in [0.2, 0.25) is 0 Å². The maximum Gasteiger partial charge on any atom is 0.416 e. The number of phenols is 1. The molecule has 3 aromatic rings. The summed E-state index contributed by atoms with van der Waals surface area (Å²) < 4.78 is 54.6. The van der Waals surface area contributed by atoms with Crippen molar-refractivity contribution in [2.75, 3.05) is 14.2 Å². The quantitative estimate of drug-likeness (QED) is 0.336. The highest BCUT2D eigenvalue weighted by atomic mass is 19.4. The van der Waals surface area contributed by atoms with Crippen LogP contribution in [0.3, 0.4) is 0 Å².